The largest absolute Gasteiger partial charge is 0.454 e. The van der Waals surface area contributed by atoms with E-state index in [1.807, 2.05) is 22.9 Å². The van der Waals surface area contributed by atoms with E-state index in [0.717, 1.165) is 16.8 Å². The van der Waals surface area contributed by atoms with Crippen molar-refractivity contribution in [1.29, 1.82) is 0 Å². The standard InChI is InChI=1S/C24H20N6O3S/c1-14-3-4-16(9-15(14)2)18-11-19-23-26-27-24(29(23)7-8-30(19)28-18)34-12-22(31)25-17-5-6-20-21(10-17)33-13-32-20/h3-11H,12-13H2,1-2H3,(H,25,31). The minimum atomic E-state index is -0.150. The van der Waals surface area contributed by atoms with Crippen LogP contribution in [0.1, 0.15) is 11.1 Å². The summed E-state index contributed by atoms with van der Waals surface area (Å²) in [4.78, 5) is 12.5. The van der Waals surface area contributed by atoms with Crippen LogP contribution in [0.5, 0.6) is 11.5 Å². The van der Waals surface area contributed by atoms with Crippen LogP contribution in [0.15, 0.2) is 60.0 Å². The summed E-state index contributed by atoms with van der Waals surface area (Å²) in [5.41, 5.74) is 6.58. The molecule has 170 valence electrons. The van der Waals surface area contributed by atoms with E-state index in [-0.39, 0.29) is 18.5 Å². The molecular formula is C24H20N6O3S. The monoisotopic (exact) mass is 472 g/mol. The van der Waals surface area contributed by atoms with E-state index in [1.165, 1.54) is 22.9 Å². The average molecular weight is 473 g/mol. The van der Waals surface area contributed by atoms with Crippen LogP contribution in [0, 0.1) is 13.8 Å². The number of hydrogen-bond donors (Lipinski definition) is 1. The number of nitrogens with zero attached hydrogens (tertiary/aromatic N) is 5. The van der Waals surface area contributed by atoms with Crippen molar-refractivity contribution in [2.24, 2.45) is 0 Å². The van der Waals surface area contributed by atoms with Gasteiger partial charge in [0, 0.05) is 29.7 Å². The minimum absolute atomic E-state index is 0.150. The predicted molar refractivity (Wildman–Crippen MR) is 129 cm³/mol. The molecule has 0 bridgehead atoms. The second kappa shape index (κ2) is 8.07. The molecule has 6 rings (SSSR count). The van der Waals surface area contributed by atoms with Gasteiger partial charge in [-0.2, -0.15) is 5.10 Å². The highest BCUT2D eigenvalue weighted by molar-refractivity contribution is 7.99. The van der Waals surface area contributed by atoms with Gasteiger partial charge >= 0.3 is 0 Å². The zero-order chi connectivity index (χ0) is 23.2. The number of nitrogens with one attached hydrogen (secondary N) is 1. The number of hydrogen-bond acceptors (Lipinski definition) is 7. The molecule has 0 unspecified atom stereocenters. The van der Waals surface area contributed by atoms with Gasteiger partial charge in [0.1, 0.15) is 5.52 Å². The van der Waals surface area contributed by atoms with E-state index in [4.69, 9.17) is 14.6 Å². The number of benzene rings is 2. The number of thioether (sulfide) groups is 1. The molecule has 1 aliphatic rings. The quantitative estimate of drug-likeness (QED) is 0.385. The van der Waals surface area contributed by atoms with Gasteiger partial charge in [-0.1, -0.05) is 23.9 Å². The number of fused-ring (bicyclic) bond motifs is 4. The Kier molecular flexibility index (Phi) is 4.88. The molecule has 0 saturated heterocycles. The second-order valence-electron chi connectivity index (χ2n) is 8.04. The zero-order valence-electron chi connectivity index (χ0n) is 18.5. The number of rotatable bonds is 5. The normalized spacial score (nSPS) is 12.5. The van der Waals surface area contributed by atoms with E-state index in [0.29, 0.717) is 28.0 Å². The van der Waals surface area contributed by atoms with Crippen molar-refractivity contribution in [2.45, 2.75) is 19.0 Å². The summed E-state index contributed by atoms with van der Waals surface area (Å²) in [5, 5.41) is 16.9. The SMILES string of the molecule is Cc1ccc(-c2cc3c4nnc(SCC(=O)Nc5ccc6c(c5)OCO6)n4ccn3n2)cc1C. The van der Waals surface area contributed by atoms with Gasteiger partial charge in [0.25, 0.3) is 0 Å². The van der Waals surface area contributed by atoms with Crippen LogP contribution >= 0.6 is 11.8 Å². The van der Waals surface area contributed by atoms with Crippen LogP contribution in [0.25, 0.3) is 22.4 Å². The van der Waals surface area contributed by atoms with E-state index >= 15 is 0 Å². The molecule has 0 aliphatic carbocycles. The topological polar surface area (TPSA) is 95.0 Å². The van der Waals surface area contributed by atoms with Crippen LogP contribution < -0.4 is 14.8 Å². The first-order chi connectivity index (χ1) is 16.5. The number of carbonyl (C=O) groups is 1. The minimum Gasteiger partial charge on any atom is -0.454 e. The van der Waals surface area contributed by atoms with Gasteiger partial charge in [-0.25, -0.2) is 4.52 Å². The molecule has 4 heterocycles. The Morgan fingerprint density at radius 1 is 1.03 bits per heavy atom. The molecule has 1 amide bonds. The maximum absolute atomic E-state index is 12.5. The van der Waals surface area contributed by atoms with Gasteiger partial charge in [-0.05, 0) is 49.2 Å². The molecule has 9 nitrogen and oxygen atoms in total. The second-order valence-corrected chi connectivity index (χ2v) is 8.98. The van der Waals surface area contributed by atoms with E-state index < -0.39 is 0 Å². The van der Waals surface area contributed by atoms with Crippen LogP contribution in [0.2, 0.25) is 0 Å². The molecule has 3 aromatic heterocycles. The number of carbonyl (C=O) groups excluding carboxylic acids is 1. The van der Waals surface area contributed by atoms with Crippen LogP contribution in [-0.4, -0.2) is 42.7 Å². The van der Waals surface area contributed by atoms with Gasteiger partial charge in [0.15, 0.2) is 22.3 Å². The Morgan fingerprint density at radius 2 is 1.91 bits per heavy atom. The zero-order valence-corrected chi connectivity index (χ0v) is 19.3. The number of amides is 1. The highest BCUT2D eigenvalue weighted by Gasteiger charge is 2.16. The maximum Gasteiger partial charge on any atom is 0.234 e. The van der Waals surface area contributed by atoms with Crippen molar-refractivity contribution in [3.63, 3.8) is 0 Å². The number of anilines is 1. The van der Waals surface area contributed by atoms with Crippen molar-refractivity contribution in [3.8, 4) is 22.8 Å². The lowest BCUT2D eigenvalue weighted by Crippen LogP contribution is -2.14. The third-order valence-corrected chi connectivity index (χ3v) is 6.72. The highest BCUT2D eigenvalue weighted by atomic mass is 32.2. The third-order valence-electron chi connectivity index (χ3n) is 5.78. The molecule has 0 saturated carbocycles. The molecule has 10 heteroatoms. The average Bonchev–Trinajstić information content (AvgIpc) is 3.56. The Balaban J connectivity index is 1.21. The number of ether oxygens (including phenoxy) is 2. The smallest absolute Gasteiger partial charge is 0.234 e. The van der Waals surface area contributed by atoms with Gasteiger partial charge in [0.2, 0.25) is 12.7 Å². The fourth-order valence-corrected chi connectivity index (χ4v) is 4.55. The lowest BCUT2D eigenvalue weighted by molar-refractivity contribution is -0.113. The number of aryl methyl sites for hydroxylation is 2. The fraction of sp³-hybridized carbons (Fsp3) is 0.167. The Hall–Kier alpha value is -4.05. The molecule has 1 aliphatic heterocycles. The van der Waals surface area contributed by atoms with Crippen molar-refractivity contribution in [2.75, 3.05) is 17.9 Å². The summed E-state index contributed by atoms with van der Waals surface area (Å²) >= 11 is 1.32. The molecule has 5 aromatic rings. The molecule has 0 fully saturated rings. The Bertz CT molecular complexity index is 1570. The van der Waals surface area contributed by atoms with E-state index in [2.05, 4.69) is 47.6 Å². The summed E-state index contributed by atoms with van der Waals surface area (Å²) < 4.78 is 14.3. The molecule has 1 N–H and O–H groups in total. The summed E-state index contributed by atoms with van der Waals surface area (Å²) in [7, 11) is 0. The van der Waals surface area contributed by atoms with Crippen molar-refractivity contribution < 1.29 is 14.3 Å². The summed E-state index contributed by atoms with van der Waals surface area (Å²) in [6, 6.07) is 13.6. The van der Waals surface area contributed by atoms with Crippen LogP contribution in [0.3, 0.4) is 0 Å². The Labute approximate surface area is 198 Å². The van der Waals surface area contributed by atoms with Crippen molar-refractivity contribution in [3.05, 3.63) is 66.0 Å². The van der Waals surface area contributed by atoms with Crippen molar-refractivity contribution in [1.82, 2.24) is 24.2 Å². The van der Waals surface area contributed by atoms with Gasteiger partial charge in [0.05, 0.1) is 11.4 Å². The van der Waals surface area contributed by atoms with Gasteiger partial charge in [-0.15, -0.1) is 10.2 Å². The molecule has 34 heavy (non-hydrogen) atoms. The number of aromatic nitrogens is 5. The first-order valence-corrected chi connectivity index (χ1v) is 11.7. The predicted octanol–water partition coefficient (Wildman–Crippen LogP) is 4.12. The lowest BCUT2D eigenvalue weighted by Gasteiger charge is -2.05. The third kappa shape index (κ3) is 3.61. The van der Waals surface area contributed by atoms with Gasteiger partial charge in [-0.3, -0.25) is 9.20 Å². The lowest BCUT2D eigenvalue weighted by atomic mass is 10.0. The molecule has 0 spiro atoms. The highest BCUT2D eigenvalue weighted by Crippen LogP contribution is 2.34. The molecule has 0 atom stereocenters. The summed E-state index contributed by atoms with van der Waals surface area (Å²) in [6.45, 7) is 4.38. The maximum atomic E-state index is 12.5. The van der Waals surface area contributed by atoms with Crippen molar-refractivity contribution >= 4 is 34.5 Å². The first-order valence-electron chi connectivity index (χ1n) is 10.7. The van der Waals surface area contributed by atoms with E-state index in [9.17, 15) is 4.79 Å². The van der Waals surface area contributed by atoms with Crippen LogP contribution in [0.4, 0.5) is 5.69 Å². The Morgan fingerprint density at radius 3 is 2.79 bits per heavy atom. The molecule has 0 radical (unpaired) electrons. The van der Waals surface area contributed by atoms with Crippen LogP contribution in [-0.2, 0) is 4.79 Å². The fourth-order valence-electron chi connectivity index (χ4n) is 3.83. The first kappa shape index (κ1) is 20.5. The van der Waals surface area contributed by atoms with E-state index in [1.54, 1.807) is 22.7 Å². The van der Waals surface area contributed by atoms with Gasteiger partial charge < -0.3 is 14.8 Å². The summed E-state index contributed by atoms with van der Waals surface area (Å²) in [6.07, 6.45) is 3.73. The molecular weight excluding hydrogens is 452 g/mol. The summed E-state index contributed by atoms with van der Waals surface area (Å²) in [5.74, 6) is 1.34. The molecule has 2 aromatic carbocycles.